The van der Waals surface area contributed by atoms with Crippen LogP contribution < -0.4 is 21.7 Å². The van der Waals surface area contributed by atoms with Gasteiger partial charge < -0.3 is 21.5 Å². The van der Waals surface area contributed by atoms with E-state index in [2.05, 4.69) is 21.3 Å². The first-order valence-electron chi connectivity index (χ1n) is 10.0. The molecular weight excluding hydrogens is 414 g/mol. The zero-order valence-corrected chi connectivity index (χ0v) is 18.0. The average molecular weight is 442 g/mol. The molecule has 2 aromatic rings. The molecule has 1 amide bonds. The number of nitrogens with two attached hydrogens (primary N) is 2. The molecule has 0 radical (unpaired) electrons. The largest absolute Gasteiger partial charge is 0.480 e. The first kappa shape index (κ1) is 22.6. The second kappa shape index (κ2) is 10.8. The molecule has 0 spiro atoms. The van der Waals surface area contributed by atoms with Crippen LogP contribution in [0.3, 0.4) is 0 Å². The number of hydrogen-bond acceptors (Lipinski definition) is 6. The lowest BCUT2D eigenvalue weighted by Crippen LogP contribution is -2.37. The molecule has 0 aromatic heterocycles. The van der Waals surface area contributed by atoms with Gasteiger partial charge in [-0.25, -0.2) is 4.99 Å². The number of nitrogens with one attached hydrogen (secondary N) is 1. The highest BCUT2D eigenvalue weighted by Crippen LogP contribution is 2.24. The van der Waals surface area contributed by atoms with Crippen molar-refractivity contribution in [2.24, 2.45) is 16.5 Å². The van der Waals surface area contributed by atoms with Gasteiger partial charge in [0.15, 0.2) is 5.96 Å². The van der Waals surface area contributed by atoms with Crippen molar-refractivity contribution in [1.29, 1.82) is 0 Å². The fourth-order valence-corrected chi connectivity index (χ4v) is 4.19. The van der Waals surface area contributed by atoms with Gasteiger partial charge in [0.1, 0.15) is 6.04 Å². The SMILES string of the molecule is NC(=NCc1ccccc1N1CCSCC1)NC(=O)c1ccc(C[C@H](N)C(=O)O)cc1. The number of carboxylic acids is 1. The van der Waals surface area contributed by atoms with E-state index in [0.29, 0.717) is 12.1 Å². The Kier molecular flexibility index (Phi) is 7.91. The van der Waals surface area contributed by atoms with E-state index in [1.807, 2.05) is 30.0 Å². The molecule has 31 heavy (non-hydrogen) atoms. The molecule has 2 aromatic carbocycles. The molecule has 164 valence electrons. The van der Waals surface area contributed by atoms with Crippen LogP contribution in [0.5, 0.6) is 0 Å². The summed E-state index contributed by atoms with van der Waals surface area (Å²) in [7, 11) is 0. The molecule has 0 saturated carbocycles. The van der Waals surface area contributed by atoms with Gasteiger partial charge in [-0.1, -0.05) is 30.3 Å². The lowest BCUT2D eigenvalue weighted by molar-refractivity contribution is -0.138. The monoisotopic (exact) mass is 441 g/mol. The number of thioether (sulfide) groups is 1. The summed E-state index contributed by atoms with van der Waals surface area (Å²) in [4.78, 5) is 30.0. The molecule has 1 saturated heterocycles. The fourth-order valence-electron chi connectivity index (χ4n) is 3.29. The Morgan fingerprint density at radius 2 is 1.81 bits per heavy atom. The van der Waals surface area contributed by atoms with E-state index in [4.69, 9.17) is 16.6 Å². The third-order valence-corrected chi connectivity index (χ3v) is 5.94. The van der Waals surface area contributed by atoms with Crippen molar-refractivity contribution in [3.05, 3.63) is 65.2 Å². The van der Waals surface area contributed by atoms with Crippen molar-refractivity contribution < 1.29 is 14.7 Å². The number of para-hydroxylation sites is 1. The number of aliphatic imine (C=N–C) groups is 1. The number of rotatable bonds is 7. The standard InChI is InChI=1S/C22H27N5O3S/c23-18(21(29)30)13-15-5-7-16(8-6-15)20(28)26-22(24)25-14-17-3-1-2-4-19(17)27-9-11-31-12-10-27/h1-8,18H,9-14,23H2,(H,29,30)(H3,24,25,26,28)/t18-/m0/s1. The lowest BCUT2D eigenvalue weighted by atomic mass is 10.0. The Morgan fingerprint density at radius 1 is 1.13 bits per heavy atom. The van der Waals surface area contributed by atoms with E-state index < -0.39 is 12.0 Å². The summed E-state index contributed by atoms with van der Waals surface area (Å²) in [5.41, 5.74) is 14.8. The zero-order valence-electron chi connectivity index (χ0n) is 17.2. The molecule has 0 bridgehead atoms. The van der Waals surface area contributed by atoms with E-state index in [9.17, 15) is 9.59 Å². The normalized spacial score (nSPS) is 15.4. The van der Waals surface area contributed by atoms with Crippen LogP contribution in [-0.2, 0) is 17.8 Å². The van der Waals surface area contributed by atoms with Crippen molar-refractivity contribution in [3.8, 4) is 0 Å². The highest BCUT2D eigenvalue weighted by molar-refractivity contribution is 7.99. The smallest absolute Gasteiger partial charge is 0.320 e. The number of carbonyl (C=O) groups excluding carboxylic acids is 1. The van der Waals surface area contributed by atoms with E-state index in [1.165, 1.54) is 0 Å². The van der Waals surface area contributed by atoms with Gasteiger partial charge in [-0.3, -0.25) is 14.9 Å². The van der Waals surface area contributed by atoms with Crippen LogP contribution in [0, 0.1) is 0 Å². The molecule has 1 atom stereocenters. The molecule has 1 aliphatic rings. The van der Waals surface area contributed by atoms with Crippen molar-refractivity contribution in [2.75, 3.05) is 29.5 Å². The maximum Gasteiger partial charge on any atom is 0.320 e. The quantitative estimate of drug-likeness (QED) is 0.377. The minimum Gasteiger partial charge on any atom is -0.480 e. The van der Waals surface area contributed by atoms with E-state index in [-0.39, 0.29) is 18.3 Å². The number of amides is 1. The van der Waals surface area contributed by atoms with Crippen LogP contribution in [0.25, 0.3) is 0 Å². The molecule has 1 fully saturated rings. The second-order valence-corrected chi connectivity index (χ2v) is 8.45. The number of aliphatic carboxylic acids is 1. The Balaban J connectivity index is 1.59. The van der Waals surface area contributed by atoms with E-state index >= 15 is 0 Å². The number of guanidine groups is 1. The van der Waals surface area contributed by atoms with Crippen LogP contribution >= 0.6 is 11.8 Å². The van der Waals surface area contributed by atoms with Crippen molar-refractivity contribution in [2.45, 2.75) is 19.0 Å². The average Bonchev–Trinajstić information content (AvgIpc) is 2.79. The number of benzene rings is 2. The molecule has 6 N–H and O–H groups in total. The molecule has 9 heteroatoms. The third-order valence-electron chi connectivity index (χ3n) is 4.99. The van der Waals surface area contributed by atoms with Gasteiger partial charge in [0.25, 0.3) is 5.91 Å². The third kappa shape index (κ3) is 6.47. The summed E-state index contributed by atoms with van der Waals surface area (Å²) in [6, 6.07) is 13.7. The van der Waals surface area contributed by atoms with Crippen LogP contribution in [0.2, 0.25) is 0 Å². The maximum atomic E-state index is 12.4. The highest BCUT2D eigenvalue weighted by atomic mass is 32.2. The molecule has 1 heterocycles. The summed E-state index contributed by atoms with van der Waals surface area (Å²) in [5, 5.41) is 11.5. The molecule has 0 unspecified atom stereocenters. The van der Waals surface area contributed by atoms with Crippen LogP contribution in [0.1, 0.15) is 21.5 Å². The van der Waals surface area contributed by atoms with Crippen LogP contribution in [0.4, 0.5) is 5.69 Å². The summed E-state index contributed by atoms with van der Waals surface area (Å²) in [5.74, 6) is 0.822. The molecule has 8 nitrogen and oxygen atoms in total. The summed E-state index contributed by atoms with van der Waals surface area (Å²) in [6.45, 7) is 2.38. The van der Waals surface area contributed by atoms with Crippen molar-refractivity contribution in [1.82, 2.24) is 5.32 Å². The van der Waals surface area contributed by atoms with Gasteiger partial charge in [0.05, 0.1) is 6.54 Å². The highest BCUT2D eigenvalue weighted by Gasteiger charge is 2.15. The zero-order chi connectivity index (χ0) is 22.2. The Morgan fingerprint density at radius 3 is 2.48 bits per heavy atom. The number of nitrogens with zero attached hydrogens (tertiary/aromatic N) is 2. The van der Waals surface area contributed by atoms with Gasteiger partial charge in [0.2, 0.25) is 0 Å². The molecule has 0 aliphatic carbocycles. The van der Waals surface area contributed by atoms with Gasteiger partial charge in [-0.2, -0.15) is 11.8 Å². The first-order chi connectivity index (χ1) is 14.9. The number of carboxylic acid groups (broad SMARTS) is 1. The minimum atomic E-state index is -1.06. The topological polar surface area (TPSA) is 134 Å². The van der Waals surface area contributed by atoms with Crippen LogP contribution in [-0.4, -0.2) is 53.6 Å². The molecule has 1 aliphatic heterocycles. The predicted octanol–water partition coefficient (Wildman–Crippen LogP) is 1.44. The lowest BCUT2D eigenvalue weighted by Gasteiger charge is -2.30. The van der Waals surface area contributed by atoms with Crippen molar-refractivity contribution >= 4 is 35.3 Å². The number of hydrogen-bond donors (Lipinski definition) is 4. The van der Waals surface area contributed by atoms with E-state index in [1.54, 1.807) is 24.3 Å². The van der Waals surface area contributed by atoms with Gasteiger partial charge in [-0.05, 0) is 35.7 Å². The fraction of sp³-hybridized carbons (Fsp3) is 0.318. The maximum absolute atomic E-state index is 12.4. The number of carbonyl (C=O) groups is 2. The Labute approximate surface area is 185 Å². The second-order valence-electron chi connectivity index (χ2n) is 7.23. The van der Waals surface area contributed by atoms with Crippen LogP contribution in [0.15, 0.2) is 53.5 Å². The van der Waals surface area contributed by atoms with Gasteiger partial charge in [-0.15, -0.1) is 0 Å². The molecule has 3 rings (SSSR count). The van der Waals surface area contributed by atoms with Crippen molar-refractivity contribution in [3.63, 3.8) is 0 Å². The first-order valence-corrected chi connectivity index (χ1v) is 11.2. The summed E-state index contributed by atoms with van der Waals surface area (Å²) < 4.78 is 0. The van der Waals surface area contributed by atoms with Gasteiger partial charge >= 0.3 is 5.97 Å². The Bertz CT molecular complexity index is 942. The summed E-state index contributed by atoms with van der Waals surface area (Å²) >= 11 is 1.96. The molecular formula is C22H27N5O3S. The van der Waals surface area contributed by atoms with E-state index in [0.717, 1.165) is 41.4 Å². The number of anilines is 1. The minimum absolute atomic E-state index is 0.0472. The predicted molar refractivity (Wildman–Crippen MR) is 125 cm³/mol. The Hall–Kier alpha value is -3.04. The summed E-state index contributed by atoms with van der Waals surface area (Å²) in [6.07, 6.45) is 0.190. The van der Waals surface area contributed by atoms with Gasteiger partial charge in [0, 0.05) is 35.8 Å².